The van der Waals surface area contributed by atoms with E-state index in [0.29, 0.717) is 18.5 Å². The molecule has 4 rings (SSSR count). The first kappa shape index (κ1) is 16.0. The van der Waals surface area contributed by atoms with Crippen molar-refractivity contribution in [3.8, 4) is 0 Å². The van der Waals surface area contributed by atoms with Crippen molar-refractivity contribution < 1.29 is 9.53 Å². The zero-order valence-electron chi connectivity index (χ0n) is 14.5. The third kappa shape index (κ3) is 2.95. The number of hydrogen-bond donors (Lipinski definition) is 0. The fraction of sp³-hybridized carbons (Fsp3) is 0.684. The van der Waals surface area contributed by atoms with Gasteiger partial charge in [-0.1, -0.05) is 6.07 Å². The lowest BCUT2D eigenvalue weighted by Gasteiger charge is -2.41. The van der Waals surface area contributed by atoms with Crippen molar-refractivity contribution >= 4 is 5.91 Å². The summed E-state index contributed by atoms with van der Waals surface area (Å²) >= 11 is 0. The second kappa shape index (κ2) is 6.45. The fourth-order valence-corrected chi connectivity index (χ4v) is 4.59. The lowest BCUT2D eigenvalue weighted by molar-refractivity contribution is -0.139. The number of aryl methyl sites for hydroxylation is 1. The number of carbonyl (C=O) groups is 1. The molecule has 1 aromatic rings. The Balaban J connectivity index is 1.45. The third-order valence-electron chi connectivity index (χ3n) is 5.93. The molecule has 0 saturated carbocycles. The zero-order chi connectivity index (χ0) is 16.6. The molecule has 5 nitrogen and oxygen atoms in total. The summed E-state index contributed by atoms with van der Waals surface area (Å²) in [5.74, 6) is 0.342. The summed E-state index contributed by atoms with van der Waals surface area (Å²) in [5.41, 5.74) is 1.85. The molecule has 24 heavy (non-hydrogen) atoms. The van der Waals surface area contributed by atoms with Crippen molar-refractivity contribution in [1.82, 2.24) is 14.8 Å². The molecule has 0 aromatic carbocycles. The molecule has 1 amide bonds. The number of nitrogens with zero attached hydrogens (tertiary/aromatic N) is 3. The lowest BCUT2D eigenvalue weighted by atomic mass is 9.78. The van der Waals surface area contributed by atoms with Crippen LogP contribution in [0.3, 0.4) is 0 Å². The molecule has 3 aliphatic heterocycles. The minimum atomic E-state index is -0.162. The van der Waals surface area contributed by atoms with Crippen molar-refractivity contribution in [3.63, 3.8) is 0 Å². The number of rotatable bonds is 3. The van der Waals surface area contributed by atoms with Crippen LogP contribution in [0.2, 0.25) is 0 Å². The van der Waals surface area contributed by atoms with E-state index in [-0.39, 0.29) is 5.41 Å². The van der Waals surface area contributed by atoms with Gasteiger partial charge in [0.05, 0.1) is 24.3 Å². The van der Waals surface area contributed by atoms with E-state index in [2.05, 4.69) is 9.88 Å². The van der Waals surface area contributed by atoms with E-state index in [1.807, 2.05) is 30.0 Å². The molecule has 0 bridgehead atoms. The number of likely N-dealkylation sites (tertiary alicyclic amines) is 2. The van der Waals surface area contributed by atoms with Crippen LogP contribution in [0.5, 0.6) is 0 Å². The lowest BCUT2D eigenvalue weighted by Crippen LogP contribution is -2.51. The first-order valence-corrected chi connectivity index (χ1v) is 9.20. The van der Waals surface area contributed by atoms with Crippen molar-refractivity contribution in [2.75, 3.05) is 32.8 Å². The molecule has 1 aromatic heterocycles. The average molecular weight is 329 g/mol. The predicted molar refractivity (Wildman–Crippen MR) is 91.5 cm³/mol. The molecule has 2 atom stereocenters. The molecule has 130 valence electrons. The highest BCUT2D eigenvalue weighted by atomic mass is 16.5. The minimum Gasteiger partial charge on any atom is -0.380 e. The maximum atomic E-state index is 13.2. The molecule has 3 saturated heterocycles. The zero-order valence-corrected chi connectivity index (χ0v) is 14.5. The molecule has 4 heterocycles. The Kier molecular flexibility index (Phi) is 4.31. The average Bonchev–Trinajstić information content (AvgIpc) is 3.21. The van der Waals surface area contributed by atoms with Gasteiger partial charge < -0.3 is 9.64 Å². The molecule has 0 radical (unpaired) electrons. The van der Waals surface area contributed by atoms with Gasteiger partial charge in [-0.3, -0.25) is 14.7 Å². The van der Waals surface area contributed by atoms with Gasteiger partial charge in [0.15, 0.2) is 0 Å². The number of amides is 1. The number of pyridine rings is 1. The van der Waals surface area contributed by atoms with Crippen LogP contribution in [0.15, 0.2) is 18.2 Å². The summed E-state index contributed by atoms with van der Waals surface area (Å²) in [6.07, 6.45) is 4.26. The van der Waals surface area contributed by atoms with Crippen LogP contribution in [0.4, 0.5) is 0 Å². The Labute approximate surface area is 144 Å². The molecule has 3 aliphatic rings. The number of carbonyl (C=O) groups excluding carboxylic acids is 1. The molecule has 0 N–H and O–H groups in total. The maximum absolute atomic E-state index is 13.2. The van der Waals surface area contributed by atoms with Crippen molar-refractivity contribution in [1.29, 1.82) is 0 Å². The van der Waals surface area contributed by atoms with Crippen molar-refractivity contribution in [2.45, 2.75) is 45.2 Å². The molecule has 2 unspecified atom stereocenters. The standard InChI is InChI=1S/C19H27N3O2/c1-15-4-2-5-16(20-15)12-21-10-8-19(18(21)23)7-3-9-22(14-19)17-6-11-24-13-17/h2,4-5,17H,3,6-14H2,1H3. The second-order valence-electron chi connectivity index (χ2n) is 7.62. The highest BCUT2D eigenvalue weighted by Crippen LogP contribution is 2.41. The molecule has 3 fully saturated rings. The first-order valence-electron chi connectivity index (χ1n) is 9.20. The first-order chi connectivity index (χ1) is 11.7. The van der Waals surface area contributed by atoms with E-state index < -0.39 is 0 Å². The Morgan fingerprint density at radius 1 is 1.33 bits per heavy atom. The van der Waals surface area contributed by atoms with Crippen LogP contribution >= 0.6 is 0 Å². The van der Waals surface area contributed by atoms with Gasteiger partial charge >= 0.3 is 0 Å². The fourth-order valence-electron chi connectivity index (χ4n) is 4.59. The third-order valence-corrected chi connectivity index (χ3v) is 5.93. The van der Waals surface area contributed by atoms with Gasteiger partial charge in [0.2, 0.25) is 5.91 Å². The number of piperidine rings is 1. The Morgan fingerprint density at radius 2 is 2.25 bits per heavy atom. The van der Waals surface area contributed by atoms with E-state index in [1.54, 1.807) is 0 Å². The largest absolute Gasteiger partial charge is 0.380 e. The van der Waals surface area contributed by atoms with Gasteiger partial charge in [0.1, 0.15) is 0 Å². The smallest absolute Gasteiger partial charge is 0.230 e. The summed E-state index contributed by atoms with van der Waals surface area (Å²) in [7, 11) is 0. The van der Waals surface area contributed by atoms with Gasteiger partial charge in [-0.25, -0.2) is 0 Å². The summed E-state index contributed by atoms with van der Waals surface area (Å²) < 4.78 is 5.55. The molecular weight excluding hydrogens is 302 g/mol. The van der Waals surface area contributed by atoms with Gasteiger partial charge in [-0.05, 0) is 51.3 Å². The van der Waals surface area contributed by atoms with Gasteiger partial charge in [-0.15, -0.1) is 0 Å². The SMILES string of the molecule is Cc1cccc(CN2CCC3(CCCN(C4CCOC4)C3)C2=O)n1. The van der Waals surface area contributed by atoms with E-state index >= 15 is 0 Å². The predicted octanol–water partition coefficient (Wildman–Crippen LogP) is 1.99. The number of hydrogen-bond acceptors (Lipinski definition) is 4. The van der Waals surface area contributed by atoms with Crippen LogP contribution < -0.4 is 0 Å². The van der Waals surface area contributed by atoms with Crippen LogP contribution in [-0.4, -0.2) is 59.6 Å². The summed E-state index contributed by atoms with van der Waals surface area (Å²) in [4.78, 5) is 22.3. The monoisotopic (exact) mass is 329 g/mol. The maximum Gasteiger partial charge on any atom is 0.230 e. The van der Waals surface area contributed by atoms with Gasteiger partial charge in [0.25, 0.3) is 0 Å². The van der Waals surface area contributed by atoms with Crippen molar-refractivity contribution in [2.24, 2.45) is 5.41 Å². The number of aromatic nitrogens is 1. The topological polar surface area (TPSA) is 45.7 Å². The summed E-state index contributed by atoms with van der Waals surface area (Å²) in [6.45, 7) is 7.24. The van der Waals surface area contributed by atoms with E-state index in [1.165, 1.54) is 0 Å². The van der Waals surface area contributed by atoms with Gasteiger partial charge in [0, 0.05) is 31.4 Å². The van der Waals surface area contributed by atoms with Gasteiger partial charge in [-0.2, -0.15) is 0 Å². The molecule has 0 aliphatic carbocycles. The molecule has 1 spiro atoms. The van der Waals surface area contributed by atoms with E-state index in [9.17, 15) is 4.79 Å². The Hall–Kier alpha value is -1.46. The molecular formula is C19H27N3O2. The summed E-state index contributed by atoms with van der Waals surface area (Å²) in [5, 5.41) is 0. The molecule has 5 heteroatoms. The second-order valence-corrected chi connectivity index (χ2v) is 7.62. The number of ether oxygens (including phenoxy) is 1. The highest BCUT2D eigenvalue weighted by molar-refractivity contribution is 5.85. The van der Waals surface area contributed by atoms with Crippen LogP contribution in [-0.2, 0) is 16.1 Å². The van der Waals surface area contributed by atoms with Crippen LogP contribution in [0.25, 0.3) is 0 Å². The quantitative estimate of drug-likeness (QED) is 0.851. The van der Waals surface area contributed by atoms with Crippen molar-refractivity contribution in [3.05, 3.63) is 29.6 Å². The van der Waals surface area contributed by atoms with E-state index in [0.717, 1.165) is 69.9 Å². The summed E-state index contributed by atoms with van der Waals surface area (Å²) in [6, 6.07) is 6.56. The van der Waals surface area contributed by atoms with Crippen LogP contribution in [0, 0.1) is 12.3 Å². The minimum absolute atomic E-state index is 0.162. The van der Waals surface area contributed by atoms with Crippen LogP contribution in [0.1, 0.15) is 37.1 Å². The van der Waals surface area contributed by atoms with E-state index in [4.69, 9.17) is 4.74 Å². The Bertz CT molecular complexity index is 614. The normalized spacial score (nSPS) is 31.3. The highest BCUT2D eigenvalue weighted by Gasteiger charge is 2.49. The Morgan fingerprint density at radius 3 is 3.04 bits per heavy atom.